The van der Waals surface area contributed by atoms with E-state index in [0.717, 1.165) is 17.7 Å². The molecule has 2 bridgehead atoms. The number of piperidine rings is 1. The number of carbonyl (C=O) groups excluding carboxylic acids is 1. The summed E-state index contributed by atoms with van der Waals surface area (Å²) in [5, 5.41) is 0. The number of amides is 1. The first-order chi connectivity index (χ1) is 16.7. The minimum absolute atomic E-state index is 0.0163. The van der Waals surface area contributed by atoms with E-state index in [4.69, 9.17) is 14.2 Å². The van der Waals surface area contributed by atoms with Gasteiger partial charge < -0.3 is 24.0 Å². The molecule has 2 unspecified atom stereocenters. The maximum atomic E-state index is 12.4. The van der Waals surface area contributed by atoms with Gasteiger partial charge in [0.15, 0.2) is 9.84 Å². The summed E-state index contributed by atoms with van der Waals surface area (Å²) in [5.74, 6) is 1.20. The molecule has 1 aromatic heterocycles. The lowest BCUT2D eigenvalue weighted by Gasteiger charge is -2.45. The van der Waals surface area contributed by atoms with Gasteiger partial charge in [0.2, 0.25) is 5.88 Å². The predicted octanol–water partition coefficient (Wildman–Crippen LogP) is 2.44. The predicted molar refractivity (Wildman–Crippen MR) is 128 cm³/mol. The number of fused-ring (bicyclic) bond motifs is 3. The molecule has 0 saturated carbocycles. The second kappa shape index (κ2) is 9.27. The van der Waals surface area contributed by atoms with Gasteiger partial charge >= 0.3 is 6.09 Å². The van der Waals surface area contributed by atoms with Crippen LogP contribution in [0.25, 0.3) is 0 Å². The standard InChI is InChI=1S/C24H30N4O6S/c1-15(2)33-24(29)27-10-17-12-32-13-18(11-27)23(17)34-22-9-21(25-14-26-22)28-7-6-16-8-19(35(3,30)31)4-5-20(16)28/h4-5,8-9,14-15,17-18,23H,6-7,10-13H2,1-3H3. The van der Waals surface area contributed by atoms with Crippen LogP contribution in [-0.4, -0.2) is 80.7 Å². The molecule has 3 aliphatic heterocycles. The van der Waals surface area contributed by atoms with Crippen molar-refractivity contribution in [1.29, 1.82) is 0 Å². The third-order valence-electron chi connectivity index (χ3n) is 6.63. The van der Waals surface area contributed by atoms with Crippen LogP contribution >= 0.6 is 0 Å². The lowest BCUT2D eigenvalue weighted by molar-refractivity contribution is -0.111. The maximum absolute atomic E-state index is 12.4. The fraction of sp³-hybridized carbons (Fsp3) is 0.542. The van der Waals surface area contributed by atoms with E-state index in [1.807, 2.05) is 30.9 Å². The van der Waals surface area contributed by atoms with Crippen molar-refractivity contribution in [1.82, 2.24) is 14.9 Å². The van der Waals surface area contributed by atoms with Gasteiger partial charge in [0.05, 0.1) is 24.2 Å². The highest BCUT2D eigenvalue weighted by Gasteiger charge is 2.44. The van der Waals surface area contributed by atoms with Crippen LogP contribution in [0.15, 0.2) is 35.5 Å². The number of ether oxygens (including phenoxy) is 3. The monoisotopic (exact) mass is 502 g/mol. The molecule has 5 rings (SSSR count). The molecular weight excluding hydrogens is 472 g/mol. The molecule has 2 saturated heterocycles. The molecule has 3 aliphatic rings. The van der Waals surface area contributed by atoms with Crippen molar-refractivity contribution < 1.29 is 27.4 Å². The Hall–Kier alpha value is -2.92. The van der Waals surface area contributed by atoms with Gasteiger partial charge in [-0.25, -0.2) is 23.2 Å². The number of hydrogen-bond donors (Lipinski definition) is 0. The molecular formula is C24H30N4O6S. The Balaban J connectivity index is 1.32. The second-order valence-electron chi connectivity index (χ2n) is 9.66. The maximum Gasteiger partial charge on any atom is 0.410 e. The van der Waals surface area contributed by atoms with E-state index >= 15 is 0 Å². The Labute approximate surface area is 205 Å². The van der Waals surface area contributed by atoms with Crippen LogP contribution in [0, 0.1) is 11.8 Å². The summed E-state index contributed by atoms with van der Waals surface area (Å²) in [6.07, 6.45) is 2.83. The smallest absolute Gasteiger partial charge is 0.410 e. The van der Waals surface area contributed by atoms with E-state index in [0.29, 0.717) is 49.4 Å². The molecule has 0 spiro atoms. The van der Waals surface area contributed by atoms with E-state index in [9.17, 15) is 13.2 Å². The molecule has 1 amide bonds. The number of carbonyl (C=O) groups is 1. The molecule has 1 aromatic carbocycles. The lowest BCUT2D eigenvalue weighted by atomic mass is 9.84. The molecule has 11 heteroatoms. The van der Waals surface area contributed by atoms with E-state index < -0.39 is 9.84 Å². The Morgan fingerprint density at radius 1 is 1.14 bits per heavy atom. The summed E-state index contributed by atoms with van der Waals surface area (Å²) in [4.78, 5) is 25.3. The van der Waals surface area contributed by atoms with Crippen molar-refractivity contribution in [3.05, 3.63) is 36.2 Å². The highest BCUT2D eigenvalue weighted by atomic mass is 32.2. The van der Waals surface area contributed by atoms with Gasteiger partial charge in [-0.05, 0) is 44.0 Å². The van der Waals surface area contributed by atoms with Gasteiger partial charge in [-0.3, -0.25) is 0 Å². The average molecular weight is 503 g/mol. The molecule has 10 nitrogen and oxygen atoms in total. The highest BCUT2D eigenvalue weighted by Crippen LogP contribution is 2.37. The number of likely N-dealkylation sites (tertiary alicyclic amines) is 1. The van der Waals surface area contributed by atoms with Crippen LogP contribution in [0.3, 0.4) is 0 Å². The first-order valence-electron chi connectivity index (χ1n) is 11.8. The summed E-state index contributed by atoms with van der Waals surface area (Å²) in [6, 6.07) is 7.01. The Kier molecular flexibility index (Phi) is 6.30. The summed E-state index contributed by atoms with van der Waals surface area (Å²) in [6.45, 7) is 6.40. The molecule has 4 heterocycles. The normalized spacial score (nSPS) is 23.8. The van der Waals surface area contributed by atoms with E-state index in [1.54, 1.807) is 17.0 Å². The lowest BCUT2D eigenvalue weighted by Crippen LogP contribution is -2.58. The van der Waals surface area contributed by atoms with Crippen molar-refractivity contribution in [3.8, 4) is 5.88 Å². The SMILES string of the molecule is CC(C)OC(=O)N1CC2COCC(C1)C2Oc1cc(N2CCc3cc(S(C)(=O)=O)ccc32)ncn1. The van der Waals surface area contributed by atoms with Gasteiger partial charge in [-0.2, -0.15) is 0 Å². The zero-order chi connectivity index (χ0) is 24.7. The molecule has 35 heavy (non-hydrogen) atoms. The third-order valence-corrected chi connectivity index (χ3v) is 7.74. The van der Waals surface area contributed by atoms with E-state index in [2.05, 4.69) is 9.97 Å². The molecule has 0 N–H and O–H groups in total. The third kappa shape index (κ3) is 4.92. The number of hydrogen-bond acceptors (Lipinski definition) is 9. The largest absolute Gasteiger partial charge is 0.473 e. The molecule has 2 aromatic rings. The number of sulfone groups is 1. The molecule has 0 aliphatic carbocycles. The highest BCUT2D eigenvalue weighted by molar-refractivity contribution is 7.90. The minimum Gasteiger partial charge on any atom is -0.473 e. The van der Waals surface area contributed by atoms with Gasteiger partial charge in [0, 0.05) is 49.5 Å². The summed E-state index contributed by atoms with van der Waals surface area (Å²) in [7, 11) is -3.26. The summed E-state index contributed by atoms with van der Waals surface area (Å²) in [5.41, 5.74) is 1.91. The number of aromatic nitrogens is 2. The fourth-order valence-corrected chi connectivity index (χ4v) is 5.72. The van der Waals surface area contributed by atoms with Crippen molar-refractivity contribution in [2.24, 2.45) is 11.8 Å². The number of nitrogens with zero attached hydrogens (tertiary/aromatic N) is 4. The second-order valence-corrected chi connectivity index (χ2v) is 11.7. The first kappa shape index (κ1) is 23.8. The zero-order valence-corrected chi connectivity index (χ0v) is 20.9. The Morgan fingerprint density at radius 2 is 1.89 bits per heavy atom. The number of anilines is 2. The molecule has 2 fully saturated rings. The van der Waals surface area contributed by atoms with Gasteiger partial charge in [-0.1, -0.05) is 0 Å². The van der Waals surface area contributed by atoms with E-state index in [1.165, 1.54) is 12.6 Å². The van der Waals surface area contributed by atoms with Crippen LogP contribution in [-0.2, 0) is 25.7 Å². The van der Waals surface area contributed by atoms with Crippen LogP contribution in [0.5, 0.6) is 5.88 Å². The van der Waals surface area contributed by atoms with Crippen LogP contribution < -0.4 is 9.64 Å². The number of rotatable bonds is 5. The first-order valence-corrected chi connectivity index (χ1v) is 13.7. The van der Waals surface area contributed by atoms with Gasteiger partial charge in [-0.15, -0.1) is 0 Å². The average Bonchev–Trinajstić information content (AvgIpc) is 3.21. The van der Waals surface area contributed by atoms with Crippen LogP contribution in [0.2, 0.25) is 0 Å². The topological polar surface area (TPSA) is 111 Å². The fourth-order valence-electron chi connectivity index (χ4n) is 5.05. The van der Waals surface area contributed by atoms with Crippen LogP contribution in [0.4, 0.5) is 16.3 Å². The molecule has 2 atom stereocenters. The van der Waals surface area contributed by atoms with Crippen molar-refractivity contribution in [2.75, 3.05) is 44.0 Å². The minimum atomic E-state index is -3.26. The van der Waals surface area contributed by atoms with Crippen LogP contribution in [0.1, 0.15) is 19.4 Å². The Morgan fingerprint density at radius 3 is 2.57 bits per heavy atom. The summed E-state index contributed by atoms with van der Waals surface area (Å²) < 4.78 is 41.3. The summed E-state index contributed by atoms with van der Waals surface area (Å²) >= 11 is 0. The molecule has 0 radical (unpaired) electrons. The van der Waals surface area contributed by atoms with Crippen molar-refractivity contribution in [3.63, 3.8) is 0 Å². The van der Waals surface area contributed by atoms with Crippen molar-refractivity contribution in [2.45, 2.75) is 37.4 Å². The Bertz CT molecular complexity index is 1210. The zero-order valence-electron chi connectivity index (χ0n) is 20.1. The van der Waals surface area contributed by atoms with E-state index in [-0.39, 0.29) is 30.1 Å². The molecule has 188 valence electrons. The number of benzene rings is 1. The van der Waals surface area contributed by atoms with Gasteiger partial charge in [0.25, 0.3) is 0 Å². The quantitative estimate of drug-likeness (QED) is 0.609. The van der Waals surface area contributed by atoms with Crippen molar-refractivity contribution >= 4 is 27.4 Å². The van der Waals surface area contributed by atoms with Gasteiger partial charge in [0.1, 0.15) is 18.2 Å².